The summed E-state index contributed by atoms with van der Waals surface area (Å²) in [5, 5.41) is 14.0. The van der Waals surface area contributed by atoms with E-state index in [4.69, 9.17) is 14.0 Å². The number of aliphatic hydroxyl groups excluding tert-OH is 1. The highest BCUT2D eigenvalue weighted by Crippen LogP contribution is 2.27. The van der Waals surface area contributed by atoms with Crippen molar-refractivity contribution in [3.8, 4) is 5.75 Å². The van der Waals surface area contributed by atoms with Crippen molar-refractivity contribution in [1.82, 2.24) is 10.1 Å². The Balaban J connectivity index is 1.16. The van der Waals surface area contributed by atoms with Crippen molar-refractivity contribution in [1.29, 1.82) is 0 Å². The van der Waals surface area contributed by atoms with Crippen LogP contribution in [0.3, 0.4) is 0 Å². The molecule has 186 valence electrons. The van der Waals surface area contributed by atoms with Crippen LogP contribution >= 0.6 is 0 Å². The first-order valence-electron chi connectivity index (χ1n) is 12.5. The molecule has 34 heavy (non-hydrogen) atoms. The number of ketones is 1. The number of anilines is 1. The summed E-state index contributed by atoms with van der Waals surface area (Å²) < 4.78 is 16.6. The molecule has 4 rings (SSSR count). The topological polar surface area (TPSA) is 97.9 Å². The predicted octanol–water partition coefficient (Wildman–Crippen LogP) is 4.16. The number of Topliss-reactive ketones (excluding diaryl/α,β-unsaturated/α-hetero) is 1. The van der Waals surface area contributed by atoms with Gasteiger partial charge in [0.15, 0.2) is 11.6 Å². The lowest BCUT2D eigenvalue weighted by molar-refractivity contribution is 0.0890. The number of benzene rings is 1. The number of carbonyl (C=O) groups excluding carboxylic acids is 1. The van der Waals surface area contributed by atoms with E-state index >= 15 is 0 Å². The van der Waals surface area contributed by atoms with E-state index in [0.29, 0.717) is 43.7 Å². The summed E-state index contributed by atoms with van der Waals surface area (Å²) in [7, 11) is 0. The zero-order chi connectivity index (χ0) is 24.1. The molecule has 8 heteroatoms. The van der Waals surface area contributed by atoms with Crippen LogP contribution in [0, 0.1) is 18.8 Å². The van der Waals surface area contributed by atoms with Gasteiger partial charge in [-0.1, -0.05) is 19.0 Å². The van der Waals surface area contributed by atoms with Gasteiger partial charge >= 0.3 is 6.01 Å². The highest BCUT2D eigenvalue weighted by Gasteiger charge is 2.29. The maximum absolute atomic E-state index is 12.6. The molecule has 3 heterocycles. The summed E-state index contributed by atoms with van der Waals surface area (Å²) in [6, 6.07) is 6.29. The second-order valence-electron chi connectivity index (χ2n) is 9.98. The van der Waals surface area contributed by atoms with Crippen LogP contribution < -0.4 is 9.64 Å². The molecule has 2 aromatic rings. The van der Waals surface area contributed by atoms with Crippen LogP contribution in [0.15, 0.2) is 22.7 Å². The highest BCUT2D eigenvalue weighted by molar-refractivity contribution is 5.97. The number of carbonyl (C=O) groups is 1. The van der Waals surface area contributed by atoms with Crippen molar-refractivity contribution in [2.45, 2.75) is 64.9 Å². The van der Waals surface area contributed by atoms with Gasteiger partial charge in [0.2, 0.25) is 0 Å². The monoisotopic (exact) mass is 471 g/mol. The van der Waals surface area contributed by atoms with Crippen molar-refractivity contribution in [2.24, 2.45) is 11.8 Å². The first-order valence-corrected chi connectivity index (χ1v) is 12.5. The summed E-state index contributed by atoms with van der Waals surface area (Å²) in [5.74, 6) is 2.46. The SMILES string of the molecule is Cc1cc(OCCCC2CCN(c3nc(C(C)C)no3)CC2)ccc1C(=O)C[C@@H]1COC[C@H]1O. The predicted molar refractivity (Wildman–Crippen MR) is 128 cm³/mol. The van der Waals surface area contributed by atoms with Gasteiger partial charge in [-0.15, -0.1) is 0 Å². The third kappa shape index (κ3) is 6.16. The zero-order valence-corrected chi connectivity index (χ0v) is 20.5. The summed E-state index contributed by atoms with van der Waals surface area (Å²) >= 11 is 0. The van der Waals surface area contributed by atoms with E-state index in [1.54, 1.807) is 0 Å². The van der Waals surface area contributed by atoms with Crippen molar-refractivity contribution in [3.63, 3.8) is 0 Å². The summed E-state index contributed by atoms with van der Waals surface area (Å²) in [5.41, 5.74) is 1.60. The van der Waals surface area contributed by atoms with Crippen molar-refractivity contribution in [2.75, 3.05) is 37.8 Å². The van der Waals surface area contributed by atoms with Crippen molar-refractivity contribution >= 4 is 11.8 Å². The molecular formula is C26H37N3O5. The van der Waals surface area contributed by atoms with Gasteiger partial charge in [-0.25, -0.2) is 0 Å². The van der Waals surface area contributed by atoms with Gasteiger partial charge in [0, 0.05) is 36.9 Å². The number of hydrogen-bond acceptors (Lipinski definition) is 8. The van der Waals surface area contributed by atoms with Crippen LogP contribution in [0.2, 0.25) is 0 Å². The third-order valence-corrected chi connectivity index (χ3v) is 6.97. The molecule has 0 bridgehead atoms. The zero-order valence-electron chi connectivity index (χ0n) is 20.5. The van der Waals surface area contributed by atoms with Gasteiger partial charge < -0.3 is 24.0 Å². The molecule has 1 aromatic heterocycles. The van der Waals surface area contributed by atoms with E-state index in [1.165, 1.54) is 0 Å². The van der Waals surface area contributed by atoms with Crippen LogP contribution in [-0.2, 0) is 4.74 Å². The molecule has 2 saturated heterocycles. The van der Waals surface area contributed by atoms with Gasteiger partial charge in [-0.05, 0) is 62.3 Å². The Morgan fingerprint density at radius 1 is 1.26 bits per heavy atom. The molecule has 8 nitrogen and oxygen atoms in total. The molecule has 0 amide bonds. The Morgan fingerprint density at radius 2 is 2.06 bits per heavy atom. The number of rotatable bonds is 10. The van der Waals surface area contributed by atoms with Crippen LogP contribution in [0.4, 0.5) is 6.01 Å². The van der Waals surface area contributed by atoms with E-state index in [-0.39, 0.29) is 17.6 Å². The molecule has 1 aromatic carbocycles. The van der Waals surface area contributed by atoms with Crippen molar-refractivity contribution in [3.05, 3.63) is 35.2 Å². The number of hydrogen-bond donors (Lipinski definition) is 1. The lowest BCUT2D eigenvalue weighted by Gasteiger charge is -2.30. The first-order chi connectivity index (χ1) is 16.4. The van der Waals surface area contributed by atoms with Crippen LogP contribution in [-0.4, -0.2) is 60.0 Å². The molecule has 0 saturated carbocycles. The van der Waals surface area contributed by atoms with Crippen LogP contribution in [0.25, 0.3) is 0 Å². The van der Waals surface area contributed by atoms with Gasteiger partial charge in [0.1, 0.15) is 5.75 Å². The fourth-order valence-corrected chi connectivity index (χ4v) is 4.73. The Bertz CT molecular complexity index is 952. The summed E-state index contributed by atoms with van der Waals surface area (Å²) in [6.07, 6.45) is 4.15. The minimum Gasteiger partial charge on any atom is -0.494 e. The van der Waals surface area contributed by atoms with E-state index in [2.05, 4.69) is 28.9 Å². The third-order valence-electron chi connectivity index (χ3n) is 6.97. The molecular weight excluding hydrogens is 434 g/mol. The summed E-state index contributed by atoms with van der Waals surface area (Å²) in [6.45, 7) is 9.40. The number of nitrogens with zero attached hydrogens (tertiary/aromatic N) is 3. The minimum absolute atomic E-state index is 0.0471. The second-order valence-corrected chi connectivity index (χ2v) is 9.98. The largest absolute Gasteiger partial charge is 0.494 e. The smallest absolute Gasteiger partial charge is 0.324 e. The maximum Gasteiger partial charge on any atom is 0.324 e. The maximum atomic E-state index is 12.6. The molecule has 0 aliphatic carbocycles. The molecule has 2 aliphatic rings. The van der Waals surface area contributed by atoms with Crippen LogP contribution in [0.1, 0.15) is 73.6 Å². The number of aliphatic hydroxyl groups is 1. The van der Waals surface area contributed by atoms with Gasteiger partial charge in [0.05, 0.1) is 25.9 Å². The fraction of sp³-hybridized carbons (Fsp3) is 0.654. The Kier molecular flexibility index (Phi) is 8.21. The number of piperidine rings is 1. The van der Waals surface area contributed by atoms with Crippen molar-refractivity contribution < 1.29 is 23.9 Å². The molecule has 1 N–H and O–H groups in total. The van der Waals surface area contributed by atoms with E-state index < -0.39 is 6.10 Å². The normalized spacial score (nSPS) is 21.4. The molecule has 0 unspecified atom stereocenters. The Morgan fingerprint density at radius 3 is 2.71 bits per heavy atom. The number of aromatic nitrogens is 2. The molecule has 2 aliphatic heterocycles. The summed E-state index contributed by atoms with van der Waals surface area (Å²) in [4.78, 5) is 19.3. The molecule has 0 spiro atoms. The average molecular weight is 472 g/mol. The standard InChI is InChI=1S/C26H37N3O5/c1-17(2)25-27-26(34-28-25)29-10-8-19(9-11-29)5-4-12-33-21-6-7-22(18(3)13-21)23(30)14-20-15-32-16-24(20)31/h6-7,13,17,19-20,24,31H,4-5,8-12,14-16H2,1-3H3/t20-,24-/m1/s1. The molecule has 0 radical (unpaired) electrons. The molecule has 2 atom stereocenters. The Labute approximate surface area is 201 Å². The van der Waals surface area contributed by atoms with E-state index in [9.17, 15) is 9.90 Å². The Hall–Kier alpha value is -2.45. The van der Waals surface area contributed by atoms with Gasteiger partial charge in [-0.3, -0.25) is 4.79 Å². The quantitative estimate of drug-likeness (QED) is 0.408. The first kappa shape index (κ1) is 24.7. The highest BCUT2D eigenvalue weighted by atomic mass is 16.5. The fourth-order valence-electron chi connectivity index (χ4n) is 4.73. The number of ether oxygens (including phenoxy) is 2. The average Bonchev–Trinajstić information content (AvgIpc) is 3.47. The van der Waals surface area contributed by atoms with E-state index in [1.807, 2.05) is 25.1 Å². The molecule has 2 fully saturated rings. The van der Waals surface area contributed by atoms with E-state index in [0.717, 1.165) is 55.9 Å². The van der Waals surface area contributed by atoms with Gasteiger partial charge in [-0.2, -0.15) is 4.98 Å². The lowest BCUT2D eigenvalue weighted by atomic mass is 9.92. The lowest BCUT2D eigenvalue weighted by Crippen LogP contribution is -2.34. The number of aryl methyl sites for hydroxylation is 1. The van der Waals surface area contributed by atoms with Gasteiger partial charge in [0.25, 0.3) is 0 Å². The van der Waals surface area contributed by atoms with Crippen LogP contribution in [0.5, 0.6) is 5.75 Å². The minimum atomic E-state index is -0.546. The second kappa shape index (κ2) is 11.3.